The Bertz CT molecular complexity index is 731. The number of hydrogen-bond acceptors (Lipinski definition) is 6. The van der Waals surface area contributed by atoms with E-state index in [9.17, 15) is 23.6 Å². The highest BCUT2D eigenvalue weighted by Crippen LogP contribution is 2.19. The zero-order chi connectivity index (χ0) is 17.9. The summed E-state index contributed by atoms with van der Waals surface area (Å²) in [5.41, 5.74) is 1.73. The van der Waals surface area contributed by atoms with Crippen LogP contribution in [0.5, 0.6) is 0 Å². The van der Waals surface area contributed by atoms with E-state index < -0.39 is 41.6 Å². The van der Waals surface area contributed by atoms with Crippen molar-refractivity contribution in [3.05, 3.63) is 30.1 Å². The number of carbonyl (C=O) groups is 4. The van der Waals surface area contributed by atoms with Gasteiger partial charge in [0.05, 0.1) is 19.2 Å². The number of benzene rings is 1. The molecule has 0 radical (unpaired) electrons. The van der Waals surface area contributed by atoms with Crippen molar-refractivity contribution in [2.24, 2.45) is 5.10 Å². The molecule has 1 aromatic carbocycles. The summed E-state index contributed by atoms with van der Waals surface area (Å²) in [6.07, 6.45) is -1.44. The van der Waals surface area contributed by atoms with Crippen LogP contribution in [0.2, 0.25) is 0 Å². The zero-order valence-corrected chi connectivity index (χ0v) is 12.8. The summed E-state index contributed by atoms with van der Waals surface area (Å²) >= 11 is 0. The van der Waals surface area contributed by atoms with Crippen molar-refractivity contribution in [2.45, 2.75) is 6.42 Å². The third-order valence-electron chi connectivity index (χ3n) is 3.02. The number of anilines is 1. The summed E-state index contributed by atoms with van der Waals surface area (Å²) in [5.74, 6) is -2.95. The largest absolute Gasteiger partial charge is 0.452 e. The van der Waals surface area contributed by atoms with Crippen molar-refractivity contribution in [2.75, 3.05) is 19.2 Å². The molecule has 0 saturated carbocycles. The Morgan fingerprint density at radius 3 is 2.50 bits per heavy atom. The molecule has 1 heterocycles. The average Bonchev–Trinajstić information content (AvgIpc) is 2.55. The third-order valence-corrected chi connectivity index (χ3v) is 3.02. The van der Waals surface area contributed by atoms with Crippen molar-refractivity contribution in [1.82, 2.24) is 10.4 Å². The smallest absolute Gasteiger partial charge is 0.428 e. The lowest BCUT2D eigenvalue weighted by Gasteiger charge is -2.23. The fraction of sp³-hybridized carbons (Fsp3) is 0.214. The molecular weight excluding hydrogens is 323 g/mol. The van der Waals surface area contributed by atoms with Crippen LogP contribution in [-0.2, 0) is 19.1 Å². The van der Waals surface area contributed by atoms with E-state index >= 15 is 0 Å². The average molecular weight is 336 g/mol. The van der Waals surface area contributed by atoms with E-state index in [2.05, 4.69) is 15.3 Å². The molecule has 0 aromatic heterocycles. The topological polar surface area (TPSA) is 108 Å². The summed E-state index contributed by atoms with van der Waals surface area (Å²) in [7, 11) is 2.32. The first-order valence-corrected chi connectivity index (χ1v) is 6.66. The lowest BCUT2D eigenvalue weighted by atomic mass is 10.1. The van der Waals surface area contributed by atoms with Crippen molar-refractivity contribution >= 4 is 35.1 Å². The van der Waals surface area contributed by atoms with Crippen molar-refractivity contribution < 1.29 is 28.3 Å². The number of halogens is 1. The van der Waals surface area contributed by atoms with Crippen LogP contribution in [0.4, 0.5) is 14.9 Å². The van der Waals surface area contributed by atoms with Gasteiger partial charge in [-0.25, -0.2) is 14.2 Å². The second-order valence-electron chi connectivity index (χ2n) is 4.70. The van der Waals surface area contributed by atoms with Gasteiger partial charge in [-0.05, 0) is 24.3 Å². The van der Waals surface area contributed by atoms with Gasteiger partial charge < -0.3 is 4.74 Å². The predicted molar refractivity (Wildman–Crippen MR) is 79.3 cm³/mol. The first-order chi connectivity index (χ1) is 11.3. The number of amides is 3. The quantitative estimate of drug-likeness (QED) is 0.614. The second-order valence-corrected chi connectivity index (χ2v) is 4.70. The van der Waals surface area contributed by atoms with Crippen LogP contribution in [-0.4, -0.2) is 48.6 Å². The molecule has 10 heteroatoms. The van der Waals surface area contributed by atoms with E-state index in [1.54, 1.807) is 0 Å². The number of methoxy groups -OCH3 is 1. The molecule has 9 nitrogen and oxygen atoms in total. The highest BCUT2D eigenvalue weighted by molar-refractivity contribution is 6.67. The fourth-order valence-electron chi connectivity index (χ4n) is 1.85. The van der Waals surface area contributed by atoms with Crippen LogP contribution >= 0.6 is 0 Å². The van der Waals surface area contributed by atoms with Crippen LogP contribution in [0, 0.1) is 5.82 Å². The molecule has 0 spiro atoms. The molecule has 3 amide bonds. The molecule has 0 atom stereocenters. The summed E-state index contributed by atoms with van der Waals surface area (Å²) in [6.45, 7) is 0. The van der Waals surface area contributed by atoms with Crippen molar-refractivity contribution in [3.8, 4) is 0 Å². The number of ketones is 1. The highest BCUT2D eigenvalue weighted by Gasteiger charge is 2.33. The van der Waals surface area contributed by atoms with E-state index in [1.165, 1.54) is 19.2 Å². The van der Waals surface area contributed by atoms with E-state index in [0.717, 1.165) is 29.3 Å². The third kappa shape index (κ3) is 3.54. The van der Waals surface area contributed by atoms with Gasteiger partial charge in [-0.2, -0.15) is 10.1 Å². The van der Waals surface area contributed by atoms with Gasteiger partial charge in [0.15, 0.2) is 11.5 Å². The van der Waals surface area contributed by atoms with Crippen LogP contribution in [0.15, 0.2) is 29.4 Å². The van der Waals surface area contributed by atoms with Gasteiger partial charge in [0.1, 0.15) is 5.82 Å². The molecule has 24 heavy (non-hydrogen) atoms. The highest BCUT2D eigenvalue weighted by atomic mass is 19.1. The normalized spacial score (nSPS) is 14.1. The second kappa shape index (κ2) is 6.86. The molecule has 1 aliphatic rings. The monoisotopic (exact) mass is 336 g/mol. The number of rotatable bonds is 2. The molecule has 1 N–H and O–H groups in total. The SMILES string of the molecule is COC(=O)N(C)NC(=O)C1=NN(c2ccc(F)cc2)C(=O)CC1=O. The van der Waals surface area contributed by atoms with Gasteiger partial charge in [0.2, 0.25) is 0 Å². The summed E-state index contributed by atoms with van der Waals surface area (Å²) in [6, 6.07) is 4.78. The molecule has 1 aliphatic heterocycles. The van der Waals surface area contributed by atoms with Crippen LogP contribution in [0.25, 0.3) is 0 Å². The summed E-state index contributed by atoms with van der Waals surface area (Å²) < 4.78 is 17.4. The van der Waals surface area contributed by atoms with Gasteiger partial charge in [0.25, 0.3) is 11.8 Å². The maximum Gasteiger partial charge on any atom is 0.428 e. The Morgan fingerprint density at radius 2 is 1.92 bits per heavy atom. The lowest BCUT2D eigenvalue weighted by Crippen LogP contribution is -2.50. The van der Waals surface area contributed by atoms with Gasteiger partial charge in [0, 0.05) is 7.05 Å². The van der Waals surface area contributed by atoms with E-state index in [4.69, 9.17) is 0 Å². The minimum Gasteiger partial charge on any atom is -0.452 e. The number of nitrogens with one attached hydrogen (secondary N) is 1. The Morgan fingerprint density at radius 1 is 1.29 bits per heavy atom. The standard InChI is InChI=1S/C14H13FN4O5/c1-18(14(23)24-2)17-13(22)12-10(20)7-11(21)19(16-12)9-5-3-8(15)4-6-9/h3-6H,7H2,1-2H3,(H,17,22). The minimum absolute atomic E-state index is 0.195. The van der Waals surface area contributed by atoms with Crippen LogP contribution in [0.1, 0.15) is 6.42 Å². The molecule has 0 bridgehead atoms. The lowest BCUT2D eigenvalue weighted by molar-refractivity contribution is -0.125. The zero-order valence-electron chi connectivity index (χ0n) is 12.8. The van der Waals surface area contributed by atoms with E-state index in [1.807, 2.05) is 0 Å². The molecule has 0 fully saturated rings. The molecule has 0 saturated heterocycles. The van der Waals surface area contributed by atoms with Crippen molar-refractivity contribution in [3.63, 3.8) is 0 Å². The van der Waals surface area contributed by atoms with Gasteiger partial charge in [-0.1, -0.05) is 0 Å². The molecule has 1 aromatic rings. The maximum absolute atomic E-state index is 13.0. The van der Waals surface area contributed by atoms with E-state index in [-0.39, 0.29) is 5.69 Å². The Balaban J connectivity index is 2.27. The number of carbonyl (C=O) groups excluding carboxylic acids is 4. The molecule has 0 unspecified atom stereocenters. The number of hydrazine groups is 1. The minimum atomic E-state index is -0.979. The number of Topliss-reactive ketones (excluding diaryl/α,β-unsaturated/α-hetero) is 1. The van der Waals surface area contributed by atoms with Crippen LogP contribution < -0.4 is 10.4 Å². The van der Waals surface area contributed by atoms with E-state index in [0.29, 0.717) is 0 Å². The van der Waals surface area contributed by atoms with Gasteiger partial charge in [-0.3, -0.25) is 19.8 Å². The molecular formula is C14H13FN4O5. The molecule has 126 valence electrons. The summed E-state index contributed by atoms with van der Waals surface area (Å²) in [4.78, 5) is 47.1. The number of hydrogen-bond donors (Lipinski definition) is 1. The molecule has 2 rings (SSSR count). The number of nitrogens with zero attached hydrogens (tertiary/aromatic N) is 3. The first-order valence-electron chi connectivity index (χ1n) is 6.66. The summed E-state index contributed by atoms with van der Waals surface area (Å²) in [5, 5.41) is 5.27. The first kappa shape index (κ1) is 17.1. The van der Waals surface area contributed by atoms with Gasteiger partial charge in [-0.15, -0.1) is 0 Å². The number of hydrazone groups is 1. The van der Waals surface area contributed by atoms with Gasteiger partial charge >= 0.3 is 6.09 Å². The maximum atomic E-state index is 13.0. The fourth-order valence-corrected chi connectivity index (χ4v) is 1.85. The predicted octanol–water partition coefficient (Wildman–Crippen LogP) is 0.217. The number of ether oxygens (including phenoxy) is 1. The Kier molecular flexibility index (Phi) is 4.87. The Labute approximate surface area is 135 Å². The van der Waals surface area contributed by atoms with Crippen LogP contribution in [0.3, 0.4) is 0 Å². The Hall–Kier alpha value is -3.30. The van der Waals surface area contributed by atoms with Crippen molar-refractivity contribution in [1.29, 1.82) is 0 Å². The molecule has 0 aliphatic carbocycles.